The van der Waals surface area contributed by atoms with E-state index in [2.05, 4.69) is 5.32 Å². The molecule has 0 unspecified atom stereocenters. The first-order valence-electron chi connectivity index (χ1n) is 9.59. The van der Waals surface area contributed by atoms with Crippen LogP contribution in [-0.4, -0.2) is 40.6 Å². The van der Waals surface area contributed by atoms with E-state index in [4.69, 9.17) is 4.74 Å². The number of thioether (sulfide) groups is 1. The van der Waals surface area contributed by atoms with Gasteiger partial charge in [-0.05, 0) is 31.0 Å². The molecule has 1 N–H and O–H groups in total. The van der Waals surface area contributed by atoms with Crippen LogP contribution in [0.15, 0.2) is 60.7 Å². The molecule has 2 saturated heterocycles. The highest BCUT2D eigenvalue weighted by Crippen LogP contribution is 2.54. The first-order valence-corrected chi connectivity index (χ1v) is 10.6. The molecule has 0 bridgehead atoms. The van der Waals surface area contributed by atoms with Crippen molar-refractivity contribution in [2.45, 2.75) is 36.8 Å². The number of hydrogen-bond donors (Lipinski definition) is 1. The second-order valence-electron chi connectivity index (χ2n) is 7.18. The van der Waals surface area contributed by atoms with Crippen LogP contribution >= 0.6 is 11.8 Å². The summed E-state index contributed by atoms with van der Waals surface area (Å²) in [5.74, 6) is -0.548. The highest BCUT2D eigenvalue weighted by molar-refractivity contribution is 8.00. The largest absolute Gasteiger partial charge is 0.451 e. The fraction of sp³-hybridized carbons (Fsp3) is 0.318. The average Bonchev–Trinajstić information content (AvgIpc) is 3.28. The normalized spacial score (nSPS) is 24.1. The van der Waals surface area contributed by atoms with Crippen molar-refractivity contribution in [2.24, 2.45) is 0 Å². The van der Waals surface area contributed by atoms with Crippen molar-refractivity contribution in [3.63, 3.8) is 0 Å². The molecule has 6 nitrogen and oxygen atoms in total. The van der Waals surface area contributed by atoms with Gasteiger partial charge in [-0.15, -0.1) is 11.8 Å². The number of nitrogens with one attached hydrogen (secondary N) is 1. The van der Waals surface area contributed by atoms with Crippen molar-refractivity contribution < 1.29 is 19.1 Å². The van der Waals surface area contributed by atoms with Crippen LogP contribution in [0, 0.1) is 0 Å². The highest BCUT2D eigenvalue weighted by Gasteiger charge is 2.57. The zero-order valence-electron chi connectivity index (χ0n) is 16.0. The topological polar surface area (TPSA) is 75.7 Å². The Balaban J connectivity index is 1.46. The molecular formula is C22H22N2O4S. The summed E-state index contributed by atoms with van der Waals surface area (Å²) >= 11 is 1.60. The number of nitrogens with zero attached hydrogens (tertiary/aromatic N) is 1. The standard InChI is InChI=1S/C22H22N2O4S/c1-15(20(26)23-17-10-6-3-7-11-17)28-21(27)18-14-29-22(13-12-19(25)24(18)22)16-8-4-2-5-9-16/h2-11,15,18H,12-14H2,1H3,(H,23,26)/t15-,18+,22-/m1/s1. The lowest BCUT2D eigenvalue weighted by atomic mass is 10.0. The summed E-state index contributed by atoms with van der Waals surface area (Å²) in [7, 11) is 0. The van der Waals surface area contributed by atoms with Crippen LogP contribution < -0.4 is 5.32 Å². The number of anilines is 1. The van der Waals surface area contributed by atoms with Crippen molar-refractivity contribution in [3.8, 4) is 0 Å². The Hall–Kier alpha value is -2.80. The smallest absolute Gasteiger partial charge is 0.330 e. The highest BCUT2D eigenvalue weighted by atomic mass is 32.2. The molecule has 3 atom stereocenters. The van der Waals surface area contributed by atoms with Gasteiger partial charge in [0.05, 0.1) is 0 Å². The molecule has 2 aromatic carbocycles. The minimum Gasteiger partial charge on any atom is -0.451 e. The summed E-state index contributed by atoms with van der Waals surface area (Å²) in [6.07, 6.45) is 0.0986. The Labute approximate surface area is 173 Å². The summed E-state index contributed by atoms with van der Waals surface area (Å²) < 4.78 is 5.45. The maximum atomic E-state index is 12.9. The molecule has 0 saturated carbocycles. The summed E-state index contributed by atoms with van der Waals surface area (Å²) in [5.41, 5.74) is 1.65. The maximum Gasteiger partial charge on any atom is 0.330 e. The van der Waals surface area contributed by atoms with Crippen LogP contribution in [0.25, 0.3) is 0 Å². The monoisotopic (exact) mass is 410 g/mol. The number of fused-ring (bicyclic) bond motifs is 1. The van der Waals surface area contributed by atoms with Crippen LogP contribution in [0.4, 0.5) is 5.69 Å². The Morgan fingerprint density at radius 3 is 2.48 bits per heavy atom. The van der Waals surface area contributed by atoms with Gasteiger partial charge in [-0.3, -0.25) is 9.59 Å². The summed E-state index contributed by atoms with van der Waals surface area (Å²) in [6.45, 7) is 1.54. The molecule has 150 valence electrons. The Morgan fingerprint density at radius 2 is 1.79 bits per heavy atom. The third-order valence-electron chi connectivity index (χ3n) is 5.33. The lowest BCUT2D eigenvalue weighted by Gasteiger charge is -2.33. The van der Waals surface area contributed by atoms with Gasteiger partial charge in [0, 0.05) is 17.9 Å². The number of ether oxygens (including phenoxy) is 1. The van der Waals surface area contributed by atoms with Crippen LogP contribution in [-0.2, 0) is 24.0 Å². The molecule has 0 aromatic heterocycles. The zero-order valence-corrected chi connectivity index (χ0v) is 16.9. The number of benzene rings is 2. The molecule has 2 heterocycles. The van der Waals surface area contributed by atoms with E-state index in [0.717, 1.165) is 5.56 Å². The third kappa shape index (κ3) is 3.62. The molecule has 2 amide bonds. The average molecular weight is 410 g/mol. The number of amides is 2. The van der Waals surface area contributed by atoms with E-state index in [-0.39, 0.29) is 5.91 Å². The molecule has 0 aliphatic carbocycles. The number of para-hydroxylation sites is 1. The zero-order chi connectivity index (χ0) is 20.4. The van der Waals surface area contributed by atoms with Crippen molar-refractivity contribution >= 4 is 35.2 Å². The molecule has 0 spiro atoms. The van der Waals surface area contributed by atoms with Gasteiger partial charge in [0.15, 0.2) is 6.10 Å². The van der Waals surface area contributed by atoms with Gasteiger partial charge < -0.3 is 15.0 Å². The Morgan fingerprint density at radius 1 is 1.14 bits per heavy atom. The predicted octanol–water partition coefficient (Wildman–Crippen LogP) is 3.15. The van der Waals surface area contributed by atoms with Crippen molar-refractivity contribution in [2.75, 3.05) is 11.1 Å². The van der Waals surface area contributed by atoms with Gasteiger partial charge in [-0.1, -0.05) is 48.5 Å². The molecular weight excluding hydrogens is 388 g/mol. The number of rotatable bonds is 5. The molecule has 2 aliphatic rings. The second kappa shape index (κ2) is 7.91. The third-order valence-corrected chi connectivity index (χ3v) is 6.92. The van der Waals surface area contributed by atoms with Gasteiger partial charge in [-0.2, -0.15) is 0 Å². The van der Waals surface area contributed by atoms with E-state index in [0.29, 0.717) is 24.3 Å². The Kier molecular flexibility index (Phi) is 5.32. The second-order valence-corrected chi connectivity index (χ2v) is 8.47. The van der Waals surface area contributed by atoms with E-state index in [9.17, 15) is 14.4 Å². The Bertz CT molecular complexity index is 921. The molecule has 0 radical (unpaired) electrons. The molecule has 2 fully saturated rings. The van der Waals surface area contributed by atoms with Gasteiger partial charge >= 0.3 is 5.97 Å². The van der Waals surface area contributed by atoms with E-state index in [1.54, 1.807) is 28.8 Å². The van der Waals surface area contributed by atoms with Crippen molar-refractivity contribution in [1.82, 2.24) is 4.90 Å². The quantitative estimate of drug-likeness (QED) is 0.767. The molecule has 4 rings (SSSR count). The summed E-state index contributed by atoms with van der Waals surface area (Å²) in [4.78, 5) is 39.0. The fourth-order valence-electron chi connectivity index (χ4n) is 3.89. The fourth-order valence-corrected chi connectivity index (χ4v) is 5.52. The van der Waals surface area contributed by atoms with Gasteiger partial charge in [0.2, 0.25) is 5.91 Å². The van der Waals surface area contributed by atoms with Crippen molar-refractivity contribution in [1.29, 1.82) is 0 Å². The molecule has 2 aliphatic heterocycles. The van der Waals surface area contributed by atoms with E-state index in [1.807, 2.05) is 48.5 Å². The van der Waals surface area contributed by atoms with Crippen LogP contribution in [0.2, 0.25) is 0 Å². The van der Waals surface area contributed by atoms with Crippen LogP contribution in [0.3, 0.4) is 0 Å². The maximum absolute atomic E-state index is 12.9. The lowest BCUT2D eigenvalue weighted by molar-refractivity contribution is -0.160. The minimum atomic E-state index is -0.961. The molecule has 2 aromatic rings. The molecule has 7 heteroatoms. The summed E-state index contributed by atoms with van der Waals surface area (Å²) in [5, 5.41) is 2.72. The van der Waals surface area contributed by atoms with E-state index in [1.165, 1.54) is 6.92 Å². The lowest BCUT2D eigenvalue weighted by Crippen LogP contribution is -2.48. The molecule has 29 heavy (non-hydrogen) atoms. The van der Waals surface area contributed by atoms with Crippen LogP contribution in [0.1, 0.15) is 25.3 Å². The van der Waals surface area contributed by atoms with E-state index < -0.39 is 28.9 Å². The van der Waals surface area contributed by atoms with Crippen LogP contribution in [0.5, 0.6) is 0 Å². The first kappa shape index (κ1) is 19.5. The number of hydrogen-bond acceptors (Lipinski definition) is 5. The van der Waals surface area contributed by atoms with Gasteiger partial charge in [-0.25, -0.2) is 4.79 Å². The number of carbonyl (C=O) groups is 3. The summed E-state index contributed by atoms with van der Waals surface area (Å²) in [6, 6.07) is 18.1. The number of carbonyl (C=O) groups excluding carboxylic acids is 3. The van der Waals surface area contributed by atoms with Gasteiger partial charge in [0.1, 0.15) is 10.9 Å². The minimum absolute atomic E-state index is 0.0535. The van der Waals surface area contributed by atoms with Gasteiger partial charge in [0.25, 0.3) is 5.91 Å². The first-order chi connectivity index (χ1) is 14.0. The predicted molar refractivity (Wildman–Crippen MR) is 111 cm³/mol. The number of esters is 1. The van der Waals surface area contributed by atoms with Crippen molar-refractivity contribution in [3.05, 3.63) is 66.2 Å². The van der Waals surface area contributed by atoms with E-state index >= 15 is 0 Å². The SMILES string of the molecule is C[C@@H](OC(=O)[C@@H]1CS[C@@]2(c3ccccc3)CCC(=O)N12)C(=O)Nc1ccccc1.